The van der Waals surface area contributed by atoms with Gasteiger partial charge in [0.25, 0.3) is 0 Å². The Hall–Kier alpha value is -2.45. The Morgan fingerprint density at radius 1 is 1.33 bits per heavy atom. The lowest BCUT2D eigenvalue weighted by Crippen LogP contribution is -2.38. The highest BCUT2D eigenvalue weighted by atomic mass is 19.4. The molecule has 1 unspecified atom stereocenters. The van der Waals surface area contributed by atoms with Crippen LogP contribution in [0.2, 0.25) is 0 Å². The summed E-state index contributed by atoms with van der Waals surface area (Å²) in [4.78, 5) is 11.1. The summed E-state index contributed by atoms with van der Waals surface area (Å²) in [5.74, 6) is -1.26. The number of carbonyl (C=O) groups is 1. The molecular weight excluding hydrogens is 293 g/mol. The first-order chi connectivity index (χ1) is 9.90. The zero-order valence-corrected chi connectivity index (χ0v) is 10.4. The number of carbonyl (C=O) groups excluding carboxylic acids is 1. The van der Waals surface area contributed by atoms with Crippen LogP contribution in [0.15, 0.2) is 17.3 Å². The highest BCUT2D eigenvalue weighted by Crippen LogP contribution is 2.42. The van der Waals surface area contributed by atoms with E-state index in [2.05, 4.69) is 5.16 Å². The molecule has 0 spiro atoms. The molecule has 3 rings (SSSR count). The Balaban J connectivity index is 1.96. The van der Waals surface area contributed by atoms with E-state index in [1.807, 2.05) is 5.32 Å². The van der Waals surface area contributed by atoms with E-state index < -0.39 is 18.1 Å². The molecule has 6 nitrogen and oxygen atoms in total. The molecule has 0 aromatic heterocycles. The maximum Gasteiger partial charge on any atom is 0.471 e. The summed E-state index contributed by atoms with van der Waals surface area (Å²) in [6, 6.07) is 2.07. The van der Waals surface area contributed by atoms with Gasteiger partial charge in [0.1, 0.15) is 0 Å². The number of benzene rings is 1. The minimum absolute atomic E-state index is 0.00338. The molecule has 1 aliphatic carbocycles. The van der Waals surface area contributed by atoms with Crippen molar-refractivity contribution in [2.45, 2.75) is 18.6 Å². The van der Waals surface area contributed by atoms with E-state index in [1.165, 1.54) is 12.1 Å². The molecule has 1 aromatic carbocycles. The summed E-state index contributed by atoms with van der Waals surface area (Å²) < 4.78 is 47.3. The molecule has 21 heavy (non-hydrogen) atoms. The second kappa shape index (κ2) is 4.54. The molecule has 1 aromatic rings. The molecule has 1 aliphatic heterocycles. The van der Waals surface area contributed by atoms with E-state index in [1.54, 1.807) is 0 Å². The van der Waals surface area contributed by atoms with Crippen molar-refractivity contribution in [2.24, 2.45) is 5.16 Å². The number of amides is 1. The van der Waals surface area contributed by atoms with Crippen LogP contribution in [-0.4, -0.2) is 29.8 Å². The van der Waals surface area contributed by atoms with Crippen molar-refractivity contribution in [3.63, 3.8) is 0 Å². The minimum atomic E-state index is -4.98. The Labute approximate surface area is 116 Å². The van der Waals surface area contributed by atoms with Crippen molar-refractivity contribution in [2.75, 3.05) is 6.79 Å². The van der Waals surface area contributed by atoms with Crippen molar-refractivity contribution >= 4 is 11.6 Å². The molecule has 9 heteroatoms. The molecule has 1 atom stereocenters. The van der Waals surface area contributed by atoms with Crippen LogP contribution in [0, 0.1) is 0 Å². The lowest BCUT2D eigenvalue weighted by Gasteiger charge is -2.15. The summed E-state index contributed by atoms with van der Waals surface area (Å²) >= 11 is 0. The van der Waals surface area contributed by atoms with Gasteiger partial charge in [-0.1, -0.05) is 5.16 Å². The molecule has 0 saturated carbocycles. The minimum Gasteiger partial charge on any atom is -0.454 e. The fourth-order valence-electron chi connectivity index (χ4n) is 2.37. The summed E-state index contributed by atoms with van der Waals surface area (Å²) in [6.45, 7) is 0.00338. The molecule has 1 amide bonds. The van der Waals surface area contributed by atoms with Gasteiger partial charge >= 0.3 is 12.1 Å². The Kier molecular flexibility index (Phi) is 2.92. The topological polar surface area (TPSA) is 80.2 Å². The highest BCUT2D eigenvalue weighted by Gasteiger charge is 2.42. The lowest BCUT2D eigenvalue weighted by atomic mass is 10.1. The first-order valence-corrected chi connectivity index (χ1v) is 5.92. The average Bonchev–Trinajstić information content (AvgIpc) is 2.99. The van der Waals surface area contributed by atoms with Crippen LogP contribution in [0.4, 0.5) is 13.2 Å². The average molecular weight is 302 g/mol. The monoisotopic (exact) mass is 302 g/mol. The van der Waals surface area contributed by atoms with Gasteiger partial charge in [0, 0.05) is 12.0 Å². The second-order valence-electron chi connectivity index (χ2n) is 4.57. The fraction of sp³-hybridized carbons (Fsp3) is 0.333. The largest absolute Gasteiger partial charge is 0.471 e. The van der Waals surface area contributed by atoms with E-state index in [-0.39, 0.29) is 18.9 Å². The Morgan fingerprint density at radius 2 is 2.00 bits per heavy atom. The predicted molar refractivity (Wildman–Crippen MR) is 62.4 cm³/mol. The van der Waals surface area contributed by atoms with E-state index in [0.717, 1.165) is 0 Å². The molecule has 1 heterocycles. The number of nitrogens with zero attached hydrogens (tertiary/aromatic N) is 1. The van der Waals surface area contributed by atoms with Crippen molar-refractivity contribution in [1.82, 2.24) is 5.32 Å². The Morgan fingerprint density at radius 3 is 2.62 bits per heavy atom. The van der Waals surface area contributed by atoms with Gasteiger partial charge in [0.15, 0.2) is 11.5 Å². The number of oxime groups is 1. The van der Waals surface area contributed by atoms with E-state index >= 15 is 0 Å². The zero-order valence-electron chi connectivity index (χ0n) is 10.4. The summed E-state index contributed by atoms with van der Waals surface area (Å²) in [7, 11) is 0. The molecule has 2 aliphatic rings. The summed E-state index contributed by atoms with van der Waals surface area (Å²) in [5.41, 5.74) is 0.995. The number of ether oxygens (including phenoxy) is 2. The van der Waals surface area contributed by atoms with Crippen molar-refractivity contribution in [3.05, 3.63) is 23.3 Å². The van der Waals surface area contributed by atoms with Gasteiger partial charge in [0.05, 0.1) is 11.8 Å². The zero-order chi connectivity index (χ0) is 15.2. The second-order valence-corrected chi connectivity index (χ2v) is 4.57. The van der Waals surface area contributed by atoms with Gasteiger partial charge < -0.3 is 20.0 Å². The fourth-order valence-corrected chi connectivity index (χ4v) is 2.37. The van der Waals surface area contributed by atoms with E-state index in [0.29, 0.717) is 22.6 Å². The van der Waals surface area contributed by atoms with Gasteiger partial charge in [-0.2, -0.15) is 13.2 Å². The van der Waals surface area contributed by atoms with Crippen LogP contribution in [0.5, 0.6) is 11.5 Å². The molecular formula is C12H9F3N2O4. The predicted octanol–water partition coefficient (Wildman–Crippen LogP) is 1.72. The molecule has 0 saturated heterocycles. The van der Waals surface area contributed by atoms with Gasteiger partial charge in [-0.15, -0.1) is 0 Å². The van der Waals surface area contributed by atoms with Crippen LogP contribution in [-0.2, 0) is 4.79 Å². The number of alkyl halides is 3. The molecule has 0 bridgehead atoms. The number of fused-ring (bicyclic) bond motifs is 2. The third kappa shape index (κ3) is 2.24. The number of hydrogen-bond acceptors (Lipinski definition) is 5. The first-order valence-electron chi connectivity index (χ1n) is 5.92. The number of rotatable bonds is 1. The Bertz CT molecular complexity index is 642. The third-order valence-electron chi connectivity index (χ3n) is 3.31. The third-order valence-corrected chi connectivity index (χ3v) is 3.31. The lowest BCUT2D eigenvalue weighted by molar-refractivity contribution is -0.174. The smallest absolute Gasteiger partial charge is 0.454 e. The van der Waals surface area contributed by atoms with Crippen LogP contribution in [0.3, 0.4) is 0 Å². The van der Waals surface area contributed by atoms with Crippen molar-refractivity contribution in [1.29, 1.82) is 0 Å². The quantitative estimate of drug-likeness (QED) is 0.611. The van der Waals surface area contributed by atoms with Gasteiger partial charge in [0.2, 0.25) is 6.79 Å². The maximum absolute atomic E-state index is 12.3. The van der Waals surface area contributed by atoms with Gasteiger partial charge in [-0.05, 0) is 17.7 Å². The number of hydrogen-bond donors (Lipinski definition) is 2. The van der Waals surface area contributed by atoms with E-state index in [4.69, 9.17) is 14.7 Å². The molecule has 112 valence electrons. The SMILES string of the molecule is O=C(NC1C/C(=N\O)c2cc3c(cc21)OCO3)C(F)(F)F. The van der Waals surface area contributed by atoms with Crippen molar-refractivity contribution in [3.8, 4) is 11.5 Å². The van der Waals surface area contributed by atoms with Crippen LogP contribution in [0.25, 0.3) is 0 Å². The van der Waals surface area contributed by atoms with Crippen LogP contribution in [0.1, 0.15) is 23.6 Å². The number of nitrogens with one attached hydrogen (secondary N) is 1. The summed E-state index contributed by atoms with van der Waals surface area (Å²) in [5, 5.41) is 13.9. The standard InChI is InChI=1S/C12H9F3N2O4/c13-12(14,15)11(18)16-7-3-8(17-19)6-2-10-9(1-5(6)7)20-4-21-10/h1-2,7,19H,3-4H2,(H,16,18)/b17-8+. The molecule has 0 fully saturated rings. The normalized spacial score (nSPS) is 21.5. The van der Waals surface area contributed by atoms with Crippen LogP contribution < -0.4 is 14.8 Å². The first kappa shape index (κ1) is 13.5. The maximum atomic E-state index is 12.3. The highest BCUT2D eigenvalue weighted by molar-refractivity contribution is 6.06. The van der Waals surface area contributed by atoms with Gasteiger partial charge in [-0.25, -0.2) is 0 Å². The van der Waals surface area contributed by atoms with Gasteiger partial charge in [-0.3, -0.25) is 4.79 Å². The summed E-state index contributed by atoms with van der Waals surface area (Å²) in [6.07, 6.45) is -5.02. The molecule has 0 radical (unpaired) electrons. The van der Waals surface area contributed by atoms with Crippen LogP contribution >= 0.6 is 0 Å². The van der Waals surface area contributed by atoms with Crippen molar-refractivity contribution < 1.29 is 32.6 Å². The molecule has 2 N–H and O–H groups in total. The van der Waals surface area contributed by atoms with E-state index in [9.17, 15) is 18.0 Å². The number of halogens is 3.